The van der Waals surface area contributed by atoms with Crippen molar-refractivity contribution in [1.82, 2.24) is 0 Å². The first-order valence-electron chi connectivity index (χ1n) is 6.19. The highest BCUT2D eigenvalue weighted by molar-refractivity contribution is 8.08. The number of benzene rings is 1. The molecule has 0 aliphatic rings. The predicted octanol–water partition coefficient (Wildman–Crippen LogP) is 2.97. The zero-order valence-electron chi connectivity index (χ0n) is 12.0. The summed E-state index contributed by atoms with van der Waals surface area (Å²) in [5.41, 5.74) is 0.359. The monoisotopic (exact) mass is 286 g/mol. The number of halogens is 1. The molecule has 0 saturated heterocycles. The molecule has 0 aliphatic carbocycles. The van der Waals surface area contributed by atoms with Crippen molar-refractivity contribution in [3.8, 4) is 5.75 Å². The lowest BCUT2D eigenvalue weighted by Gasteiger charge is -2.20. The van der Waals surface area contributed by atoms with Crippen molar-refractivity contribution in [3.05, 3.63) is 24.3 Å². The molecule has 0 unspecified atom stereocenters. The van der Waals surface area contributed by atoms with Crippen LogP contribution in [0.3, 0.4) is 0 Å². The lowest BCUT2D eigenvalue weighted by molar-refractivity contribution is -0.365. The van der Waals surface area contributed by atoms with Crippen molar-refractivity contribution < 1.29 is 18.4 Å². The summed E-state index contributed by atoms with van der Waals surface area (Å²) in [6, 6.07) is 7.38. The predicted molar refractivity (Wildman–Crippen MR) is 77.4 cm³/mol. The molecule has 106 valence electrons. The van der Waals surface area contributed by atoms with E-state index in [-0.39, 0.29) is 29.1 Å². The normalized spacial score (nSPS) is 12.7. The van der Waals surface area contributed by atoms with Crippen LogP contribution in [0.15, 0.2) is 24.3 Å². The largest absolute Gasteiger partial charge is 0.481 e. The van der Waals surface area contributed by atoms with Gasteiger partial charge in [-0.15, -0.1) is 3.89 Å². The van der Waals surface area contributed by atoms with E-state index in [1.165, 1.54) is 0 Å². The van der Waals surface area contributed by atoms with Gasteiger partial charge in [0.1, 0.15) is 5.60 Å². The minimum absolute atomic E-state index is 0.0475. The van der Waals surface area contributed by atoms with Crippen molar-refractivity contribution in [2.45, 2.75) is 46.3 Å². The summed E-state index contributed by atoms with van der Waals surface area (Å²) in [5, 5.41) is 0.111. The average molecular weight is 286 g/mol. The van der Waals surface area contributed by atoms with Crippen LogP contribution in [0.25, 0.3) is 0 Å². The highest BCUT2D eigenvalue weighted by Crippen LogP contribution is 2.23. The van der Waals surface area contributed by atoms with Crippen molar-refractivity contribution in [2.75, 3.05) is 0 Å². The van der Waals surface area contributed by atoms with Gasteiger partial charge in [-0.2, -0.15) is 4.99 Å². The summed E-state index contributed by atoms with van der Waals surface area (Å²) >= 11 is 0.0475. The minimum atomic E-state index is -0.320. The maximum Gasteiger partial charge on any atom is 0.438 e. The first kappa shape index (κ1) is 15.8. The molecule has 19 heavy (non-hydrogen) atoms. The summed E-state index contributed by atoms with van der Waals surface area (Å²) < 4.78 is 24.0. The van der Waals surface area contributed by atoms with Gasteiger partial charge in [-0.3, -0.25) is 0 Å². The number of nitrogens with one attached hydrogen (secondary N) is 1. The zero-order chi connectivity index (χ0) is 14.5. The van der Waals surface area contributed by atoms with E-state index in [4.69, 9.17) is 9.47 Å². The van der Waals surface area contributed by atoms with Gasteiger partial charge >= 0.3 is 5.23 Å². The van der Waals surface area contributed by atoms with Crippen molar-refractivity contribution in [1.29, 1.82) is 0 Å². The van der Waals surface area contributed by atoms with Gasteiger partial charge in [-0.05, 0) is 40.7 Å². The molecule has 0 heterocycles. The second-order valence-electron chi connectivity index (χ2n) is 5.37. The molecule has 0 saturated carbocycles. The molecule has 0 aromatic heterocycles. The van der Waals surface area contributed by atoms with Gasteiger partial charge in [-0.25, -0.2) is 0 Å². The lowest BCUT2D eigenvalue weighted by Crippen LogP contribution is -2.66. The number of ether oxygens (including phenoxy) is 2. The molecule has 0 bridgehead atoms. The van der Waals surface area contributed by atoms with Crippen LogP contribution in [-0.4, -0.2) is 16.9 Å². The molecule has 3 nitrogen and oxygen atoms in total. The standard InChI is InChI=1S/C14H20FNO2S/c1-10(2)17-13(19-15)16-11-8-6-7-9-12(11)18-14(3,4)5/h6-10H,1-5H3/p+1. The van der Waals surface area contributed by atoms with Gasteiger partial charge in [0, 0.05) is 6.07 Å². The summed E-state index contributed by atoms with van der Waals surface area (Å²) in [7, 11) is 0. The Kier molecular flexibility index (Phi) is 5.66. The first-order chi connectivity index (χ1) is 8.81. The molecule has 1 aromatic carbocycles. The Balaban J connectivity index is 3.02. The maximum absolute atomic E-state index is 12.8. The Hall–Kier alpha value is -1.23. The van der Waals surface area contributed by atoms with E-state index in [9.17, 15) is 3.89 Å². The zero-order valence-corrected chi connectivity index (χ0v) is 12.8. The smallest absolute Gasteiger partial charge is 0.438 e. The fourth-order valence-corrected chi connectivity index (χ4v) is 1.76. The summed E-state index contributed by atoms with van der Waals surface area (Å²) in [6.45, 7) is 9.57. The molecule has 0 radical (unpaired) electrons. The molecule has 5 heteroatoms. The third kappa shape index (κ3) is 5.96. The minimum Gasteiger partial charge on any atom is -0.481 e. The van der Waals surface area contributed by atoms with Gasteiger partial charge in [0.05, 0.1) is 6.10 Å². The van der Waals surface area contributed by atoms with Crippen molar-refractivity contribution in [2.24, 2.45) is 0 Å². The molecule has 0 spiro atoms. The number of hydrogen-bond donors (Lipinski definition) is 1. The molecule has 1 aromatic rings. The van der Waals surface area contributed by atoms with E-state index in [1.807, 2.05) is 58.9 Å². The fraction of sp³-hybridized carbons (Fsp3) is 0.500. The number of para-hydroxylation sites is 2. The van der Waals surface area contributed by atoms with E-state index in [0.717, 1.165) is 0 Å². The second-order valence-corrected chi connectivity index (χ2v) is 5.89. The van der Waals surface area contributed by atoms with Crippen LogP contribution < -0.4 is 9.73 Å². The summed E-state index contributed by atoms with van der Waals surface area (Å²) in [5.74, 6) is 0.661. The molecule has 0 aliphatic heterocycles. The van der Waals surface area contributed by atoms with Crippen molar-refractivity contribution in [3.63, 3.8) is 0 Å². The van der Waals surface area contributed by atoms with Crippen LogP contribution in [-0.2, 0) is 4.74 Å². The van der Waals surface area contributed by atoms with E-state index in [0.29, 0.717) is 11.4 Å². The van der Waals surface area contributed by atoms with Gasteiger partial charge < -0.3 is 9.47 Å². The quantitative estimate of drug-likeness (QED) is 0.685. The van der Waals surface area contributed by atoms with E-state index < -0.39 is 0 Å². The number of rotatable bonds is 3. The first-order valence-corrected chi connectivity index (χ1v) is 6.91. The Bertz CT molecular complexity index is 441. The second kappa shape index (κ2) is 6.80. The van der Waals surface area contributed by atoms with E-state index >= 15 is 0 Å². The van der Waals surface area contributed by atoms with E-state index in [2.05, 4.69) is 4.99 Å². The van der Waals surface area contributed by atoms with Crippen LogP contribution in [0, 0.1) is 0 Å². The molecular formula is C14H21FNO2S+. The Labute approximate surface area is 118 Å². The highest BCUT2D eigenvalue weighted by Gasteiger charge is 2.19. The summed E-state index contributed by atoms with van der Waals surface area (Å²) in [4.78, 5) is 2.91. The lowest BCUT2D eigenvalue weighted by atomic mass is 10.2. The van der Waals surface area contributed by atoms with Crippen LogP contribution in [0.4, 0.5) is 9.57 Å². The molecule has 0 amide bonds. The molecular weight excluding hydrogens is 265 g/mol. The summed E-state index contributed by atoms with van der Waals surface area (Å²) in [6.07, 6.45) is -0.0959. The molecule has 0 atom stereocenters. The van der Waals surface area contributed by atoms with E-state index in [1.54, 1.807) is 0 Å². The Morgan fingerprint density at radius 1 is 1.26 bits per heavy atom. The Morgan fingerprint density at radius 2 is 1.89 bits per heavy atom. The Morgan fingerprint density at radius 3 is 2.42 bits per heavy atom. The van der Waals surface area contributed by atoms with Crippen LogP contribution in [0.1, 0.15) is 34.6 Å². The van der Waals surface area contributed by atoms with Gasteiger partial charge in [0.2, 0.25) is 5.69 Å². The van der Waals surface area contributed by atoms with Crippen LogP contribution >= 0.6 is 12.1 Å². The van der Waals surface area contributed by atoms with Crippen molar-refractivity contribution >= 4 is 23.1 Å². The SMILES string of the molecule is CC(C)OC(=[NH+]c1ccccc1OC(C)(C)C)SF. The fourth-order valence-electron chi connectivity index (χ4n) is 1.38. The third-order valence-electron chi connectivity index (χ3n) is 1.95. The van der Waals surface area contributed by atoms with Gasteiger partial charge in [0.25, 0.3) is 0 Å². The van der Waals surface area contributed by atoms with Crippen LogP contribution in [0.2, 0.25) is 0 Å². The van der Waals surface area contributed by atoms with Gasteiger partial charge in [0.15, 0.2) is 17.9 Å². The number of hydrogen-bond acceptors (Lipinski definition) is 3. The third-order valence-corrected chi connectivity index (χ3v) is 2.29. The average Bonchev–Trinajstić information content (AvgIpc) is 2.28. The van der Waals surface area contributed by atoms with Gasteiger partial charge in [-0.1, -0.05) is 12.1 Å². The highest BCUT2D eigenvalue weighted by atomic mass is 32.2. The molecule has 1 rings (SSSR count). The topological polar surface area (TPSA) is 32.4 Å². The molecule has 1 N–H and O–H groups in total. The van der Waals surface area contributed by atoms with Crippen LogP contribution in [0.5, 0.6) is 5.75 Å². The molecule has 0 fully saturated rings. The maximum atomic E-state index is 12.8.